The molecule has 0 aliphatic heterocycles. The van der Waals surface area contributed by atoms with Crippen molar-refractivity contribution in [2.24, 2.45) is 17.1 Å². The van der Waals surface area contributed by atoms with E-state index in [1.54, 1.807) is 0 Å². The molecule has 0 amide bonds. The fourth-order valence-corrected chi connectivity index (χ4v) is 4.76. The van der Waals surface area contributed by atoms with Gasteiger partial charge in [0.1, 0.15) is 0 Å². The Morgan fingerprint density at radius 2 is 1.88 bits per heavy atom. The highest BCUT2D eigenvalue weighted by molar-refractivity contribution is 7.92. The molecule has 1 fully saturated rings. The van der Waals surface area contributed by atoms with Crippen LogP contribution < -0.4 is 5.73 Å². The molecule has 3 atom stereocenters. The molecule has 0 heterocycles. The largest absolute Gasteiger partial charge is 0.326 e. The Morgan fingerprint density at radius 1 is 1.29 bits per heavy atom. The van der Waals surface area contributed by atoms with Gasteiger partial charge in [-0.3, -0.25) is 0 Å². The molecule has 1 saturated carbocycles. The molecule has 0 bridgehead atoms. The third kappa shape index (κ3) is 4.25. The molecule has 0 aromatic heterocycles. The van der Waals surface area contributed by atoms with Crippen LogP contribution in [0.15, 0.2) is 0 Å². The number of hydrogen-bond acceptors (Lipinski definition) is 3. The first kappa shape index (κ1) is 15.0. The lowest BCUT2D eigenvalue weighted by atomic mass is 9.89. The van der Waals surface area contributed by atoms with Crippen LogP contribution in [-0.2, 0) is 9.84 Å². The summed E-state index contributed by atoms with van der Waals surface area (Å²) in [5.41, 5.74) is 5.85. The normalized spacial score (nSPS) is 29.0. The van der Waals surface area contributed by atoms with E-state index in [9.17, 15) is 8.42 Å². The van der Waals surface area contributed by atoms with E-state index in [0.717, 1.165) is 25.7 Å². The Hall–Kier alpha value is -0.0900. The van der Waals surface area contributed by atoms with Crippen molar-refractivity contribution in [2.75, 3.05) is 5.75 Å². The monoisotopic (exact) mass is 261 g/mol. The summed E-state index contributed by atoms with van der Waals surface area (Å²) in [6.07, 6.45) is 3.84. The molecule has 0 radical (unpaired) electrons. The van der Waals surface area contributed by atoms with Crippen molar-refractivity contribution in [3.8, 4) is 0 Å². The zero-order valence-electron chi connectivity index (χ0n) is 11.6. The fourth-order valence-electron chi connectivity index (χ4n) is 2.34. The summed E-state index contributed by atoms with van der Waals surface area (Å²) in [6, 6.07) is -0.273. The minimum Gasteiger partial charge on any atom is -0.326 e. The lowest BCUT2D eigenvalue weighted by Gasteiger charge is -2.31. The molecule has 4 heteroatoms. The summed E-state index contributed by atoms with van der Waals surface area (Å²) < 4.78 is 24.6. The summed E-state index contributed by atoms with van der Waals surface area (Å²) in [4.78, 5) is 0. The van der Waals surface area contributed by atoms with Crippen molar-refractivity contribution in [1.82, 2.24) is 0 Å². The number of nitrogens with two attached hydrogens (primary N) is 1. The summed E-state index contributed by atoms with van der Waals surface area (Å²) >= 11 is 0. The lowest BCUT2D eigenvalue weighted by molar-refractivity contribution is 0.336. The second-order valence-corrected chi connectivity index (χ2v) is 9.02. The first-order valence-electron chi connectivity index (χ1n) is 6.60. The summed E-state index contributed by atoms with van der Waals surface area (Å²) in [7, 11) is -3.02. The van der Waals surface area contributed by atoms with Crippen molar-refractivity contribution in [1.29, 1.82) is 0 Å². The molecule has 0 aromatic rings. The second kappa shape index (κ2) is 5.27. The van der Waals surface area contributed by atoms with E-state index in [1.165, 1.54) is 0 Å². The Kier molecular flexibility index (Phi) is 4.64. The van der Waals surface area contributed by atoms with Gasteiger partial charge in [-0.25, -0.2) is 8.42 Å². The van der Waals surface area contributed by atoms with Gasteiger partial charge in [-0.05, 0) is 24.2 Å². The van der Waals surface area contributed by atoms with Crippen molar-refractivity contribution in [3.05, 3.63) is 0 Å². The zero-order chi connectivity index (χ0) is 13.3. The predicted molar refractivity (Wildman–Crippen MR) is 72.6 cm³/mol. The van der Waals surface area contributed by atoms with Crippen LogP contribution in [0.3, 0.4) is 0 Å². The van der Waals surface area contributed by atoms with Crippen LogP contribution in [-0.4, -0.2) is 25.5 Å². The Morgan fingerprint density at radius 3 is 2.35 bits per heavy atom. The van der Waals surface area contributed by atoms with E-state index in [-0.39, 0.29) is 22.5 Å². The quantitative estimate of drug-likeness (QED) is 0.848. The van der Waals surface area contributed by atoms with Gasteiger partial charge in [-0.2, -0.15) is 0 Å². The van der Waals surface area contributed by atoms with Gasteiger partial charge in [0.05, 0.1) is 11.0 Å². The van der Waals surface area contributed by atoms with Gasteiger partial charge in [0.25, 0.3) is 0 Å². The van der Waals surface area contributed by atoms with Gasteiger partial charge in [0.15, 0.2) is 9.84 Å². The molecular formula is C13H27NO2S. The predicted octanol–water partition coefficient (Wildman–Crippen LogP) is 2.35. The molecule has 102 valence electrons. The van der Waals surface area contributed by atoms with Crippen LogP contribution in [0.1, 0.15) is 53.4 Å². The average molecular weight is 261 g/mol. The summed E-state index contributed by atoms with van der Waals surface area (Å²) in [5.74, 6) is 0.669. The highest BCUT2D eigenvalue weighted by atomic mass is 32.2. The van der Waals surface area contributed by atoms with Gasteiger partial charge < -0.3 is 5.73 Å². The maximum atomic E-state index is 12.3. The van der Waals surface area contributed by atoms with Crippen LogP contribution in [0.5, 0.6) is 0 Å². The van der Waals surface area contributed by atoms with Crippen LogP contribution in [0.2, 0.25) is 0 Å². The van der Waals surface area contributed by atoms with Crippen LogP contribution in [0.4, 0.5) is 0 Å². The van der Waals surface area contributed by atoms with E-state index in [1.807, 2.05) is 20.8 Å². The van der Waals surface area contributed by atoms with Gasteiger partial charge in [0, 0.05) is 6.04 Å². The third-order valence-corrected chi connectivity index (χ3v) is 6.19. The first-order chi connectivity index (χ1) is 7.63. The molecule has 1 aliphatic carbocycles. The van der Waals surface area contributed by atoms with Crippen LogP contribution in [0, 0.1) is 11.3 Å². The number of hydrogen-bond donors (Lipinski definition) is 1. The second-order valence-electron chi connectivity index (χ2n) is 6.70. The highest BCUT2D eigenvalue weighted by Gasteiger charge is 2.34. The van der Waals surface area contributed by atoms with Gasteiger partial charge in [-0.15, -0.1) is 0 Å². The molecule has 1 aliphatic rings. The van der Waals surface area contributed by atoms with Gasteiger partial charge in [-0.1, -0.05) is 40.5 Å². The Labute approximate surface area is 106 Å². The first-order valence-corrected chi connectivity index (χ1v) is 8.31. The number of rotatable bonds is 3. The third-order valence-electron chi connectivity index (χ3n) is 3.92. The van der Waals surface area contributed by atoms with Crippen molar-refractivity contribution in [2.45, 2.75) is 64.7 Å². The van der Waals surface area contributed by atoms with Crippen LogP contribution >= 0.6 is 0 Å². The van der Waals surface area contributed by atoms with Crippen LogP contribution in [0.25, 0.3) is 0 Å². The van der Waals surface area contributed by atoms with E-state index in [2.05, 4.69) is 6.92 Å². The van der Waals surface area contributed by atoms with E-state index in [4.69, 9.17) is 5.73 Å². The maximum Gasteiger partial charge on any atom is 0.154 e. The van der Waals surface area contributed by atoms with Crippen molar-refractivity contribution >= 4 is 9.84 Å². The molecule has 3 nitrogen and oxygen atoms in total. The van der Waals surface area contributed by atoms with E-state index in [0.29, 0.717) is 5.92 Å². The maximum absolute atomic E-state index is 12.3. The summed E-state index contributed by atoms with van der Waals surface area (Å²) in [5, 5.41) is -0.153. The topological polar surface area (TPSA) is 60.2 Å². The molecule has 0 spiro atoms. The molecule has 2 N–H and O–H groups in total. The zero-order valence-corrected chi connectivity index (χ0v) is 12.4. The van der Waals surface area contributed by atoms with Gasteiger partial charge >= 0.3 is 0 Å². The Bertz CT molecular complexity index is 343. The average Bonchev–Trinajstić information content (AvgIpc) is 2.15. The Balaban J connectivity index is 2.68. The highest BCUT2D eigenvalue weighted by Crippen LogP contribution is 2.30. The minimum atomic E-state index is -3.02. The SMILES string of the molecule is CC1CCCC(S(=O)(=O)CC(N)C(C)(C)C)C1. The number of sulfone groups is 1. The smallest absolute Gasteiger partial charge is 0.154 e. The fraction of sp³-hybridized carbons (Fsp3) is 1.00. The van der Waals surface area contributed by atoms with Gasteiger partial charge in [0.2, 0.25) is 0 Å². The molecule has 17 heavy (non-hydrogen) atoms. The molecule has 3 unspecified atom stereocenters. The standard InChI is InChI=1S/C13H27NO2S/c1-10-6-5-7-11(8-10)17(15,16)9-12(14)13(2,3)4/h10-12H,5-9,14H2,1-4H3. The van der Waals surface area contributed by atoms with Crippen molar-refractivity contribution in [3.63, 3.8) is 0 Å². The van der Waals surface area contributed by atoms with E-state index >= 15 is 0 Å². The minimum absolute atomic E-state index is 0.133. The molecule has 0 saturated heterocycles. The lowest BCUT2D eigenvalue weighted by Crippen LogP contribution is -2.44. The molecule has 1 rings (SSSR count). The van der Waals surface area contributed by atoms with Crippen molar-refractivity contribution < 1.29 is 8.42 Å². The molecular weight excluding hydrogens is 234 g/mol. The van der Waals surface area contributed by atoms with E-state index < -0.39 is 9.84 Å². The molecule has 0 aromatic carbocycles. The summed E-state index contributed by atoms with van der Waals surface area (Å²) in [6.45, 7) is 8.13.